The molecule has 3 rings (SSSR count). The molecule has 1 unspecified atom stereocenters. The van der Waals surface area contributed by atoms with Crippen LogP contribution < -0.4 is 21.3 Å². The number of aliphatic carboxylic acids is 1. The first-order valence-electron chi connectivity index (χ1n) is 14.9. The summed E-state index contributed by atoms with van der Waals surface area (Å²) in [7, 11) is 0. The molecule has 0 spiro atoms. The van der Waals surface area contributed by atoms with E-state index < -0.39 is 54.8 Å². The molecule has 5 N–H and O–H groups in total. The van der Waals surface area contributed by atoms with Gasteiger partial charge < -0.3 is 36.2 Å². The first-order chi connectivity index (χ1) is 21.3. The summed E-state index contributed by atoms with van der Waals surface area (Å²) in [5, 5.41) is 20.0. The maximum atomic E-state index is 13.2. The molecule has 1 atom stereocenters. The van der Waals surface area contributed by atoms with Crippen LogP contribution in [-0.2, 0) is 30.4 Å². The number of hydrogen-bond acceptors (Lipinski definition) is 6. The number of carboxylic acid groups (broad SMARTS) is 1. The SMILES string of the molecule is Cc1ccc(C)c(NC(=O)Nc2ccc(CC(=O)NCC(=O)N(C(C)C)C(CC(=O)O)C(=O)NCC(=O)N3CCCC3)cc2)c1. The quantitative estimate of drug-likeness (QED) is 0.228. The summed E-state index contributed by atoms with van der Waals surface area (Å²) in [6.45, 7) is 7.57. The van der Waals surface area contributed by atoms with Gasteiger partial charge in [0.15, 0.2) is 0 Å². The van der Waals surface area contributed by atoms with Crippen molar-refractivity contribution in [2.45, 2.75) is 65.5 Å². The first kappa shape index (κ1) is 34.5. The van der Waals surface area contributed by atoms with E-state index in [9.17, 15) is 33.9 Å². The van der Waals surface area contributed by atoms with Gasteiger partial charge in [-0.15, -0.1) is 0 Å². The van der Waals surface area contributed by atoms with Gasteiger partial charge in [0, 0.05) is 30.5 Å². The molecule has 1 fully saturated rings. The number of benzene rings is 2. The second-order valence-electron chi connectivity index (χ2n) is 11.4. The Balaban J connectivity index is 1.53. The third-order valence-corrected chi connectivity index (χ3v) is 7.38. The number of nitrogens with zero attached hydrogens (tertiary/aromatic N) is 2. The summed E-state index contributed by atoms with van der Waals surface area (Å²) < 4.78 is 0. The Morgan fingerprint density at radius 3 is 2.18 bits per heavy atom. The van der Waals surface area contributed by atoms with Gasteiger partial charge in [0.25, 0.3) is 0 Å². The van der Waals surface area contributed by atoms with Crippen molar-refractivity contribution < 1.29 is 33.9 Å². The van der Waals surface area contributed by atoms with Gasteiger partial charge in [0.1, 0.15) is 6.04 Å². The fourth-order valence-electron chi connectivity index (χ4n) is 5.04. The lowest BCUT2D eigenvalue weighted by atomic mass is 10.1. The van der Waals surface area contributed by atoms with Crippen molar-refractivity contribution in [3.05, 3.63) is 59.2 Å². The number of carboxylic acids is 1. The summed E-state index contributed by atoms with van der Waals surface area (Å²) in [6.07, 6.45) is 1.06. The van der Waals surface area contributed by atoms with Crippen molar-refractivity contribution in [3.63, 3.8) is 0 Å². The van der Waals surface area contributed by atoms with Crippen LogP contribution in [0.4, 0.5) is 16.2 Å². The molecular weight excluding hydrogens is 580 g/mol. The summed E-state index contributed by atoms with van der Waals surface area (Å²) in [5.74, 6) is -3.41. The van der Waals surface area contributed by atoms with Gasteiger partial charge in [-0.3, -0.25) is 24.0 Å². The number of carbonyl (C=O) groups excluding carboxylic acids is 5. The molecule has 13 nitrogen and oxygen atoms in total. The van der Waals surface area contributed by atoms with Gasteiger partial charge in [-0.2, -0.15) is 0 Å². The van der Waals surface area contributed by atoms with Crippen LogP contribution in [0.2, 0.25) is 0 Å². The molecule has 13 heteroatoms. The number of rotatable bonds is 13. The molecule has 0 bridgehead atoms. The molecule has 0 saturated carbocycles. The van der Waals surface area contributed by atoms with Crippen LogP contribution in [0.3, 0.4) is 0 Å². The topological polar surface area (TPSA) is 177 Å². The number of hydrogen-bond donors (Lipinski definition) is 5. The van der Waals surface area contributed by atoms with Crippen molar-refractivity contribution in [2.75, 3.05) is 36.8 Å². The summed E-state index contributed by atoms with van der Waals surface area (Å²) in [5.41, 5.74) is 3.80. The molecule has 6 amide bonds. The van der Waals surface area contributed by atoms with Crippen molar-refractivity contribution in [3.8, 4) is 0 Å². The number of amides is 6. The molecule has 1 aliphatic rings. The van der Waals surface area contributed by atoms with Crippen molar-refractivity contribution in [1.82, 2.24) is 20.4 Å². The minimum Gasteiger partial charge on any atom is -0.481 e. The number of nitrogens with one attached hydrogen (secondary N) is 4. The van der Waals surface area contributed by atoms with E-state index in [0.29, 0.717) is 30.0 Å². The Labute approximate surface area is 262 Å². The number of likely N-dealkylation sites (tertiary alicyclic amines) is 1. The molecule has 2 aromatic carbocycles. The number of aryl methyl sites for hydroxylation is 2. The highest BCUT2D eigenvalue weighted by Crippen LogP contribution is 2.18. The lowest BCUT2D eigenvalue weighted by Crippen LogP contribution is -2.56. The molecule has 0 radical (unpaired) electrons. The van der Waals surface area contributed by atoms with Crippen LogP contribution in [0, 0.1) is 13.8 Å². The van der Waals surface area contributed by atoms with Crippen LogP contribution in [0.25, 0.3) is 0 Å². The molecule has 2 aromatic rings. The average Bonchev–Trinajstić information content (AvgIpc) is 3.52. The lowest BCUT2D eigenvalue weighted by molar-refractivity contribution is -0.148. The van der Waals surface area contributed by atoms with Crippen molar-refractivity contribution >= 4 is 47.0 Å². The lowest BCUT2D eigenvalue weighted by Gasteiger charge is -2.33. The summed E-state index contributed by atoms with van der Waals surface area (Å²) in [6, 6.07) is 10.1. The fraction of sp³-hybridized carbons (Fsp3) is 0.438. The Kier molecular flexibility index (Phi) is 12.5. The van der Waals surface area contributed by atoms with E-state index in [-0.39, 0.29) is 18.9 Å². The van der Waals surface area contributed by atoms with E-state index in [1.165, 1.54) is 0 Å². The van der Waals surface area contributed by atoms with Gasteiger partial charge in [-0.1, -0.05) is 24.3 Å². The normalized spacial score (nSPS) is 13.1. The van der Waals surface area contributed by atoms with Crippen LogP contribution in [0.5, 0.6) is 0 Å². The van der Waals surface area contributed by atoms with E-state index in [0.717, 1.165) is 28.9 Å². The Hall–Kier alpha value is -4.94. The van der Waals surface area contributed by atoms with Crippen LogP contribution in [0.1, 0.15) is 49.8 Å². The zero-order valence-corrected chi connectivity index (χ0v) is 26.1. The predicted molar refractivity (Wildman–Crippen MR) is 169 cm³/mol. The predicted octanol–water partition coefficient (Wildman–Crippen LogP) is 2.43. The van der Waals surface area contributed by atoms with Crippen LogP contribution >= 0.6 is 0 Å². The zero-order valence-electron chi connectivity index (χ0n) is 26.1. The highest BCUT2D eigenvalue weighted by Gasteiger charge is 2.34. The number of carbonyl (C=O) groups is 6. The van der Waals surface area contributed by atoms with Crippen LogP contribution in [0.15, 0.2) is 42.5 Å². The fourth-order valence-corrected chi connectivity index (χ4v) is 5.04. The number of urea groups is 1. The Bertz CT molecular complexity index is 1400. The van der Waals surface area contributed by atoms with Gasteiger partial charge in [-0.05, 0) is 75.4 Å². The van der Waals surface area contributed by atoms with E-state index in [2.05, 4.69) is 21.3 Å². The average molecular weight is 623 g/mol. The highest BCUT2D eigenvalue weighted by atomic mass is 16.4. The monoisotopic (exact) mass is 622 g/mol. The molecule has 1 saturated heterocycles. The summed E-state index contributed by atoms with van der Waals surface area (Å²) >= 11 is 0. The smallest absolute Gasteiger partial charge is 0.323 e. The molecule has 1 aliphatic heterocycles. The number of anilines is 2. The third-order valence-electron chi connectivity index (χ3n) is 7.38. The zero-order chi connectivity index (χ0) is 33.1. The largest absolute Gasteiger partial charge is 0.481 e. The molecule has 1 heterocycles. The van der Waals surface area contributed by atoms with E-state index in [1.54, 1.807) is 43.0 Å². The van der Waals surface area contributed by atoms with E-state index in [1.807, 2.05) is 32.0 Å². The highest BCUT2D eigenvalue weighted by molar-refractivity contribution is 6.00. The first-order valence-corrected chi connectivity index (χ1v) is 14.9. The molecule has 45 heavy (non-hydrogen) atoms. The molecule has 242 valence electrons. The van der Waals surface area contributed by atoms with Crippen molar-refractivity contribution in [1.29, 1.82) is 0 Å². The van der Waals surface area contributed by atoms with Gasteiger partial charge in [-0.25, -0.2) is 4.79 Å². The van der Waals surface area contributed by atoms with E-state index >= 15 is 0 Å². The Morgan fingerprint density at radius 2 is 1.56 bits per heavy atom. The maximum absolute atomic E-state index is 13.2. The van der Waals surface area contributed by atoms with Gasteiger partial charge >= 0.3 is 12.0 Å². The van der Waals surface area contributed by atoms with Crippen LogP contribution in [-0.4, -0.2) is 88.8 Å². The standard InChI is InChI=1S/C32H42N6O7/c1-20(2)38(26(17-30(42)43)31(44)34-18-28(40)37-13-5-6-14-37)29(41)19-33-27(39)16-23-9-11-24(12-10-23)35-32(45)36-25-15-21(3)7-8-22(25)4/h7-12,15,20,26H,5-6,13-14,16-19H2,1-4H3,(H,33,39)(H,34,44)(H,42,43)(H2,35,36,45). The third kappa shape index (κ3) is 10.6. The minimum atomic E-state index is -1.37. The second-order valence-corrected chi connectivity index (χ2v) is 11.4. The molecular formula is C32H42N6O7. The van der Waals surface area contributed by atoms with Crippen molar-refractivity contribution in [2.24, 2.45) is 0 Å². The minimum absolute atomic E-state index is 0.0540. The van der Waals surface area contributed by atoms with Gasteiger partial charge in [0.2, 0.25) is 23.6 Å². The van der Waals surface area contributed by atoms with Gasteiger partial charge in [0.05, 0.1) is 25.9 Å². The maximum Gasteiger partial charge on any atom is 0.323 e. The van der Waals surface area contributed by atoms with E-state index in [4.69, 9.17) is 0 Å². The molecule has 0 aliphatic carbocycles. The Morgan fingerprint density at radius 1 is 0.889 bits per heavy atom. The molecule has 0 aromatic heterocycles. The second kappa shape index (κ2) is 16.2. The summed E-state index contributed by atoms with van der Waals surface area (Å²) in [4.78, 5) is 77.9.